The van der Waals surface area contributed by atoms with E-state index >= 15 is 0 Å². The van der Waals surface area contributed by atoms with Crippen LogP contribution >= 0.6 is 0 Å². The Bertz CT molecular complexity index is 91.4. The van der Waals surface area contributed by atoms with Crippen molar-refractivity contribution in [3.05, 3.63) is 0 Å². The molecule has 0 aromatic carbocycles. The minimum absolute atomic E-state index is 0.347. The molecule has 1 rings (SSSR count). The number of hydrogen-bond acceptors (Lipinski definition) is 1. The van der Waals surface area contributed by atoms with E-state index in [1.54, 1.807) is 0 Å². The number of aliphatic hydroxyl groups is 1. The van der Waals surface area contributed by atoms with Crippen molar-refractivity contribution in [3.63, 3.8) is 0 Å². The third kappa shape index (κ3) is 2.74. The maximum Gasteiger partial charge on any atom is 0.142 e. The lowest BCUT2D eigenvalue weighted by molar-refractivity contribution is 0.0968. The highest BCUT2D eigenvalue weighted by atomic mass is 16.3. The first-order valence-corrected chi connectivity index (χ1v) is 4.43. The first-order valence-electron chi connectivity index (χ1n) is 4.43. The fraction of sp³-hybridized carbons (Fsp3) is 1.00. The van der Waals surface area contributed by atoms with Gasteiger partial charge in [0, 0.05) is 5.50 Å². The minimum Gasteiger partial charge on any atom is -0.399 e. The Kier molecular flexibility index (Phi) is 2.78. The van der Waals surface area contributed by atoms with Gasteiger partial charge in [0.15, 0.2) is 0 Å². The van der Waals surface area contributed by atoms with Crippen LogP contribution in [0.2, 0.25) is 0 Å². The van der Waals surface area contributed by atoms with Gasteiger partial charge < -0.3 is 5.11 Å². The van der Waals surface area contributed by atoms with Crippen LogP contribution in [0.3, 0.4) is 0 Å². The number of rotatable bonds is 0. The van der Waals surface area contributed by atoms with Gasteiger partial charge in [-0.2, -0.15) is 0 Å². The van der Waals surface area contributed by atoms with E-state index < -0.39 is 0 Å². The summed E-state index contributed by atoms with van der Waals surface area (Å²) in [5.74, 6) is 0. The Morgan fingerprint density at radius 3 is 1.80 bits per heavy atom. The standard InChI is InChI=1S/C8H17BO/c9-8(10)6-4-2-1-3-5-7-8/h10H,1-7,9H2. The van der Waals surface area contributed by atoms with E-state index in [2.05, 4.69) is 0 Å². The second-order valence-electron chi connectivity index (χ2n) is 3.76. The topological polar surface area (TPSA) is 20.2 Å². The molecule has 1 fully saturated rings. The molecule has 0 heterocycles. The van der Waals surface area contributed by atoms with Crippen LogP contribution in [0, 0.1) is 0 Å². The number of hydrogen-bond donors (Lipinski definition) is 1. The third-order valence-corrected chi connectivity index (χ3v) is 2.43. The van der Waals surface area contributed by atoms with Gasteiger partial charge in [0.25, 0.3) is 0 Å². The van der Waals surface area contributed by atoms with Crippen LogP contribution < -0.4 is 0 Å². The van der Waals surface area contributed by atoms with Crippen LogP contribution in [0.25, 0.3) is 0 Å². The lowest BCUT2D eigenvalue weighted by Crippen LogP contribution is -2.29. The Morgan fingerprint density at radius 1 is 0.900 bits per heavy atom. The van der Waals surface area contributed by atoms with Gasteiger partial charge in [0.05, 0.1) is 0 Å². The van der Waals surface area contributed by atoms with Crippen molar-refractivity contribution < 1.29 is 5.11 Å². The van der Waals surface area contributed by atoms with Gasteiger partial charge in [-0.3, -0.25) is 0 Å². The molecular weight excluding hydrogens is 123 g/mol. The van der Waals surface area contributed by atoms with Gasteiger partial charge in [0.2, 0.25) is 0 Å². The molecule has 1 nitrogen and oxygen atoms in total. The van der Waals surface area contributed by atoms with E-state index in [0.29, 0.717) is 0 Å². The highest BCUT2D eigenvalue weighted by Gasteiger charge is 2.20. The minimum atomic E-state index is -0.347. The highest BCUT2D eigenvalue weighted by molar-refractivity contribution is 6.14. The van der Waals surface area contributed by atoms with Crippen molar-refractivity contribution in [2.24, 2.45) is 0 Å². The van der Waals surface area contributed by atoms with Gasteiger partial charge in [0.1, 0.15) is 7.85 Å². The van der Waals surface area contributed by atoms with Gasteiger partial charge in [-0.05, 0) is 12.8 Å². The fourth-order valence-corrected chi connectivity index (χ4v) is 1.67. The molecule has 1 saturated carbocycles. The lowest BCUT2D eigenvalue weighted by Gasteiger charge is -2.25. The van der Waals surface area contributed by atoms with E-state index in [-0.39, 0.29) is 5.50 Å². The van der Waals surface area contributed by atoms with E-state index in [0.717, 1.165) is 12.8 Å². The largest absolute Gasteiger partial charge is 0.399 e. The summed E-state index contributed by atoms with van der Waals surface area (Å²) in [4.78, 5) is 0. The highest BCUT2D eigenvalue weighted by Crippen LogP contribution is 2.22. The maximum atomic E-state index is 9.68. The predicted molar refractivity (Wildman–Crippen MR) is 45.8 cm³/mol. The van der Waals surface area contributed by atoms with Gasteiger partial charge in [-0.15, -0.1) is 0 Å². The Hall–Kier alpha value is 0.0249. The molecule has 58 valence electrons. The van der Waals surface area contributed by atoms with Crippen LogP contribution in [0.4, 0.5) is 0 Å². The molecule has 0 amide bonds. The van der Waals surface area contributed by atoms with Crippen molar-refractivity contribution in [2.75, 3.05) is 0 Å². The summed E-state index contributed by atoms with van der Waals surface area (Å²) in [7, 11) is 1.97. The SMILES string of the molecule is BC1(O)CCCCCCC1. The predicted octanol–water partition coefficient (Wildman–Crippen LogP) is 1.05. The van der Waals surface area contributed by atoms with Crippen LogP contribution in [0.15, 0.2) is 0 Å². The zero-order chi connectivity index (χ0) is 7.45. The molecule has 0 atom stereocenters. The molecule has 0 aromatic heterocycles. The molecule has 2 heteroatoms. The molecule has 0 radical (unpaired) electrons. The van der Waals surface area contributed by atoms with E-state index in [9.17, 15) is 5.11 Å². The summed E-state index contributed by atoms with van der Waals surface area (Å²) in [5.41, 5.74) is -0.347. The summed E-state index contributed by atoms with van der Waals surface area (Å²) in [5, 5.41) is 9.68. The normalized spacial score (nSPS) is 26.9. The Balaban J connectivity index is 2.30. The monoisotopic (exact) mass is 140 g/mol. The summed E-state index contributed by atoms with van der Waals surface area (Å²) in [6.07, 6.45) is 8.45. The fourth-order valence-electron chi connectivity index (χ4n) is 1.67. The lowest BCUT2D eigenvalue weighted by atomic mass is 9.72. The molecule has 0 aromatic rings. The first-order chi connectivity index (χ1) is 4.71. The second kappa shape index (κ2) is 3.43. The molecule has 10 heavy (non-hydrogen) atoms. The van der Waals surface area contributed by atoms with Crippen molar-refractivity contribution in [1.82, 2.24) is 0 Å². The van der Waals surface area contributed by atoms with Crippen LogP contribution in [0.1, 0.15) is 44.9 Å². The molecule has 0 saturated heterocycles. The van der Waals surface area contributed by atoms with Crippen molar-refractivity contribution in [3.8, 4) is 0 Å². The van der Waals surface area contributed by atoms with Crippen LogP contribution in [0.5, 0.6) is 0 Å². The molecule has 0 aliphatic heterocycles. The van der Waals surface area contributed by atoms with Crippen LogP contribution in [-0.4, -0.2) is 18.5 Å². The van der Waals surface area contributed by atoms with Crippen molar-refractivity contribution in [2.45, 2.75) is 50.4 Å². The molecule has 0 bridgehead atoms. The van der Waals surface area contributed by atoms with Gasteiger partial charge in [-0.25, -0.2) is 0 Å². The second-order valence-corrected chi connectivity index (χ2v) is 3.76. The molecule has 0 spiro atoms. The average Bonchev–Trinajstić information content (AvgIpc) is 1.81. The molecule has 1 aliphatic rings. The van der Waals surface area contributed by atoms with E-state index in [1.165, 1.54) is 32.1 Å². The summed E-state index contributed by atoms with van der Waals surface area (Å²) in [6.45, 7) is 0. The molecular formula is C8H17BO. The van der Waals surface area contributed by atoms with Crippen LogP contribution in [-0.2, 0) is 0 Å². The molecule has 1 aliphatic carbocycles. The Morgan fingerprint density at radius 2 is 1.30 bits per heavy atom. The first kappa shape index (κ1) is 8.12. The quantitative estimate of drug-likeness (QED) is 0.498. The van der Waals surface area contributed by atoms with Crippen molar-refractivity contribution >= 4 is 7.85 Å². The van der Waals surface area contributed by atoms with Gasteiger partial charge >= 0.3 is 0 Å². The summed E-state index contributed by atoms with van der Waals surface area (Å²) < 4.78 is 0. The van der Waals surface area contributed by atoms with Gasteiger partial charge in [-0.1, -0.05) is 32.1 Å². The molecule has 0 unspecified atom stereocenters. The average molecular weight is 140 g/mol. The van der Waals surface area contributed by atoms with E-state index in [4.69, 9.17) is 0 Å². The smallest absolute Gasteiger partial charge is 0.142 e. The zero-order valence-electron chi connectivity index (χ0n) is 6.90. The third-order valence-electron chi connectivity index (χ3n) is 2.43. The zero-order valence-corrected chi connectivity index (χ0v) is 6.90. The van der Waals surface area contributed by atoms with E-state index in [1.807, 2.05) is 7.85 Å². The molecule has 1 N–H and O–H groups in total. The summed E-state index contributed by atoms with van der Waals surface area (Å²) in [6, 6.07) is 0. The maximum absolute atomic E-state index is 9.68. The van der Waals surface area contributed by atoms with Crippen molar-refractivity contribution in [1.29, 1.82) is 0 Å². The Labute approximate surface area is 64.2 Å². The summed E-state index contributed by atoms with van der Waals surface area (Å²) >= 11 is 0.